The molecule has 0 radical (unpaired) electrons. The van der Waals surface area contributed by atoms with Gasteiger partial charge in [0, 0.05) is 50.5 Å². The second kappa shape index (κ2) is 7.51. The Morgan fingerprint density at radius 2 is 1.92 bits per heavy atom. The minimum Gasteiger partial charge on any atom is -0.462 e. The molecule has 142 valence electrons. The molecule has 1 aliphatic carbocycles. The Bertz CT molecular complexity index is 621. The van der Waals surface area contributed by atoms with E-state index >= 15 is 0 Å². The maximum Gasteiger partial charge on any atom is 0.341 e. The number of ether oxygens (including phenoxy) is 1. The van der Waals surface area contributed by atoms with Crippen LogP contribution in [0.1, 0.15) is 55.8 Å². The molecule has 2 saturated heterocycles. The van der Waals surface area contributed by atoms with Gasteiger partial charge in [-0.1, -0.05) is 19.3 Å². The molecule has 0 bridgehead atoms. The zero-order valence-corrected chi connectivity index (χ0v) is 15.8. The molecule has 2 aliphatic heterocycles. The van der Waals surface area contributed by atoms with Crippen molar-refractivity contribution in [3.05, 3.63) is 18.0 Å². The summed E-state index contributed by atoms with van der Waals surface area (Å²) in [5, 5.41) is 0. The number of esters is 1. The van der Waals surface area contributed by atoms with Crippen molar-refractivity contribution in [1.29, 1.82) is 0 Å². The predicted octanol–water partition coefficient (Wildman–Crippen LogP) is 2.75. The third-order valence-electron chi connectivity index (χ3n) is 6.23. The fraction of sp³-hybridized carbons (Fsp3) is 0.750. The first kappa shape index (κ1) is 17.7. The first-order valence-corrected chi connectivity index (χ1v) is 10.1. The molecule has 6 nitrogen and oxygen atoms in total. The van der Waals surface area contributed by atoms with E-state index in [-0.39, 0.29) is 5.97 Å². The Balaban J connectivity index is 1.28. The molecule has 4 rings (SSSR count). The molecule has 0 aromatic carbocycles. The van der Waals surface area contributed by atoms with E-state index < -0.39 is 0 Å². The molecule has 0 N–H and O–H groups in total. The van der Waals surface area contributed by atoms with Crippen LogP contribution in [0.3, 0.4) is 0 Å². The van der Waals surface area contributed by atoms with Crippen LogP contribution in [0.25, 0.3) is 0 Å². The highest BCUT2D eigenvalue weighted by molar-refractivity contribution is 5.88. The van der Waals surface area contributed by atoms with E-state index in [1.165, 1.54) is 58.2 Å². The van der Waals surface area contributed by atoms with Crippen molar-refractivity contribution in [2.24, 2.45) is 11.3 Å². The summed E-state index contributed by atoms with van der Waals surface area (Å²) in [5.74, 6) is 1.31. The van der Waals surface area contributed by atoms with Crippen LogP contribution >= 0.6 is 0 Å². The summed E-state index contributed by atoms with van der Waals surface area (Å²) in [6, 6.07) is 0. The van der Waals surface area contributed by atoms with Crippen molar-refractivity contribution in [2.75, 3.05) is 44.2 Å². The van der Waals surface area contributed by atoms with Gasteiger partial charge in [-0.15, -0.1) is 0 Å². The lowest BCUT2D eigenvalue weighted by Gasteiger charge is -2.49. The summed E-state index contributed by atoms with van der Waals surface area (Å²) >= 11 is 0. The minimum atomic E-state index is -0.353. The zero-order chi connectivity index (χ0) is 18.0. The van der Waals surface area contributed by atoms with E-state index in [4.69, 9.17) is 4.74 Å². The van der Waals surface area contributed by atoms with E-state index in [0.29, 0.717) is 17.6 Å². The molecule has 3 heterocycles. The largest absolute Gasteiger partial charge is 0.462 e. The predicted molar refractivity (Wildman–Crippen MR) is 100 cm³/mol. The third-order valence-corrected chi connectivity index (χ3v) is 6.23. The van der Waals surface area contributed by atoms with Crippen LogP contribution in [0.15, 0.2) is 12.4 Å². The fourth-order valence-electron chi connectivity index (χ4n) is 4.93. The molecule has 26 heavy (non-hydrogen) atoms. The standard InChI is InChI=1S/C20H30N4O2/c1-2-26-18(25)17-10-21-19(22-11-17)24-9-8-20(15-24)13-23(14-20)12-16-6-4-3-5-7-16/h10-11,16H,2-9,12-15H2,1H3. The molecule has 0 atom stereocenters. The normalized spacial score (nSPS) is 23.2. The first-order valence-electron chi connectivity index (χ1n) is 10.1. The summed E-state index contributed by atoms with van der Waals surface area (Å²) in [6.07, 6.45) is 11.5. The van der Waals surface area contributed by atoms with Crippen LogP contribution in [0.4, 0.5) is 5.95 Å². The van der Waals surface area contributed by atoms with Crippen LogP contribution in [0.2, 0.25) is 0 Å². The number of likely N-dealkylation sites (tertiary alicyclic amines) is 1. The van der Waals surface area contributed by atoms with Crippen molar-refractivity contribution in [3.63, 3.8) is 0 Å². The highest BCUT2D eigenvalue weighted by Crippen LogP contribution is 2.41. The topological polar surface area (TPSA) is 58.6 Å². The average Bonchev–Trinajstić information content (AvgIpc) is 3.08. The van der Waals surface area contributed by atoms with Gasteiger partial charge in [0.05, 0.1) is 12.2 Å². The Hall–Kier alpha value is -1.69. The minimum absolute atomic E-state index is 0.353. The van der Waals surface area contributed by atoms with Crippen LogP contribution in [0, 0.1) is 11.3 Å². The zero-order valence-electron chi connectivity index (χ0n) is 15.8. The Morgan fingerprint density at radius 1 is 1.19 bits per heavy atom. The lowest BCUT2D eigenvalue weighted by atomic mass is 9.77. The summed E-state index contributed by atoms with van der Waals surface area (Å²) in [7, 11) is 0. The Labute approximate surface area is 155 Å². The second-order valence-electron chi connectivity index (χ2n) is 8.34. The van der Waals surface area contributed by atoms with Gasteiger partial charge in [-0.3, -0.25) is 0 Å². The van der Waals surface area contributed by atoms with Crippen LogP contribution in [-0.4, -0.2) is 60.2 Å². The maximum atomic E-state index is 11.7. The van der Waals surface area contributed by atoms with Gasteiger partial charge in [-0.2, -0.15) is 0 Å². The quantitative estimate of drug-likeness (QED) is 0.755. The molecular weight excluding hydrogens is 328 g/mol. The van der Waals surface area contributed by atoms with Crippen molar-refractivity contribution < 1.29 is 9.53 Å². The molecule has 1 aromatic rings. The van der Waals surface area contributed by atoms with Crippen molar-refractivity contribution >= 4 is 11.9 Å². The number of carbonyl (C=O) groups is 1. The Morgan fingerprint density at radius 3 is 2.62 bits per heavy atom. The number of aromatic nitrogens is 2. The molecule has 1 saturated carbocycles. The number of anilines is 1. The molecule has 3 aliphatic rings. The SMILES string of the molecule is CCOC(=O)c1cnc(N2CCC3(CN(CC4CCCCC4)C3)C2)nc1. The number of hydrogen-bond acceptors (Lipinski definition) is 6. The van der Waals surface area contributed by atoms with E-state index in [9.17, 15) is 4.79 Å². The monoisotopic (exact) mass is 358 g/mol. The molecule has 0 amide bonds. The van der Waals surface area contributed by atoms with Crippen molar-refractivity contribution in [3.8, 4) is 0 Å². The third kappa shape index (κ3) is 3.70. The summed E-state index contributed by atoms with van der Waals surface area (Å²) in [5.41, 5.74) is 0.851. The van der Waals surface area contributed by atoms with Gasteiger partial charge < -0.3 is 14.5 Å². The summed E-state index contributed by atoms with van der Waals surface area (Å²) in [6.45, 7) is 7.96. The molecule has 0 unspecified atom stereocenters. The van der Waals surface area contributed by atoms with Gasteiger partial charge in [-0.05, 0) is 32.1 Å². The fourth-order valence-corrected chi connectivity index (χ4v) is 4.93. The molecule has 6 heteroatoms. The average molecular weight is 358 g/mol. The van der Waals surface area contributed by atoms with E-state index in [2.05, 4.69) is 19.8 Å². The van der Waals surface area contributed by atoms with Gasteiger partial charge in [0.2, 0.25) is 5.95 Å². The van der Waals surface area contributed by atoms with Gasteiger partial charge >= 0.3 is 5.97 Å². The van der Waals surface area contributed by atoms with E-state index in [1.807, 2.05) is 0 Å². The summed E-state index contributed by atoms with van der Waals surface area (Å²) < 4.78 is 4.99. The number of hydrogen-bond donors (Lipinski definition) is 0. The van der Waals surface area contributed by atoms with Gasteiger partial charge in [0.25, 0.3) is 0 Å². The highest BCUT2D eigenvalue weighted by atomic mass is 16.5. The van der Waals surface area contributed by atoms with Gasteiger partial charge in [0.15, 0.2) is 0 Å². The number of carbonyl (C=O) groups excluding carboxylic acids is 1. The smallest absolute Gasteiger partial charge is 0.341 e. The molecule has 3 fully saturated rings. The lowest BCUT2D eigenvalue weighted by molar-refractivity contribution is 0.00230. The van der Waals surface area contributed by atoms with Gasteiger partial charge in [-0.25, -0.2) is 14.8 Å². The molecular formula is C20H30N4O2. The number of rotatable bonds is 5. The highest BCUT2D eigenvalue weighted by Gasteiger charge is 2.48. The van der Waals surface area contributed by atoms with E-state index in [1.54, 1.807) is 19.3 Å². The van der Waals surface area contributed by atoms with Crippen LogP contribution in [0.5, 0.6) is 0 Å². The van der Waals surface area contributed by atoms with Crippen LogP contribution < -0.4 is 4.90 Å². The van der Waals surface area contributed by atoms with Gasteiger partial charge in [0.1, 0.15) is 0 Å². The van der Waals surface area contributed by atoms with Crippen molar-refractivity contribution in [1.82, 2.24) is 14.9 Å². The maximum absolute atomic E-state index is 11.7. The van der Waals surface area contributed by atoms with E-state index in [0.717, 1.165) is 25.0 Å². The van der Waals surface area contributed by atoms with Crippen molar-refractivity contribution in [2.45, 2.75) is 45.4 Å². The lowest BCUT2D eigenvalue weighted by Crippen LogP contribution is -2.58. The second-order valence-corrected chi connectivity index (χ2v) is 8.34. The molecule has 1 spiro atoms. The van der Waals surface area contributed by atoms with Crippen LogP contribution in [-0.2, 0) is 4.74 Å². The number of nitrogens with zero attached hydrogens (tertiary/aromatic N) is 4. The Kier molecular flexibility index (Phi) is 5.11. The first-order chi connectivity index (χ1) is 12.7. The molecule has 1 aromatic heterocycles. The summed E-state index contributed by atoms with van der Waals surface area (Å²) in [4.78, 5) is 25.4.